The molecule has 0 aliphatic carbocycles. The highest BCUT2D eigenvalue weighted by Crippen LogP contribution is 2.24. The lowest BCUT2D eigenvalue weighted by molar-refractivity contribution is -0.385. The maximum Gasteiger partial charge on any atom is 0.305 e. The van der Waals surface area contributed by atoms with Crippen molar-refractivity contribution in [3.63, 3.8) is 0 Å². The summed E-state index contributed by atoms with van der Waals surface area (Å²) in [6.07, 6.45) is 1.18. The average Bonchev–Trinajstić information content (AvgIpc) is 2.88. The van der Waals surface area contributed by atoms with E-state index in [0.717, 1.165) is 12.3 Å². The second kappa shape index (κ2) is 5.69. The first-order valence-electron chi connectivity index (χ1n) is 5.58. The number of nitrogens with one attached hydrogen (secondary N) is 1. The average molecular weight is 264 g/mol. The molecule has 0 aromatic carbocycles. The molecule has 0 radical (unpaired) electrons. The van der Waals surface area contributed by atoms with Gasteiger partial charge in [0.1, 0.15) is 11.9 Å². The fraction of sp³-hybridized carbons (Fsp3) is 0.455. The van der Waals surface area contributed by atoms with Crippen molar-refractivity contribution in [3.05, 3.63) is 27.9 Å². The van der Waals surface area contributed by atoms with Gasteiger partial charge in [-0.3, -0.25) is 10.1 Å². The Morgan fingerprint density at radius 3 is 3.11 bits per heavy atom. The predicted octanol–water partition coefficient (Wildman–Crippen LogP) is 2.03. The van der Waals surface area contributed by atoms with Crippen molar-refractivity contribution in [1.29, 1.82) is 5.26 Å². The lowest BCUT2D eigenvalue weighted by Crippen LogP contribution is -2.14. The molecule has 7 heteroatoms. The van der Waals surface area contributed by atoms with Gasteiger partial charge in [-0.25, -0.2) is 4.98 Å². The number of nitro groups is 1. The molecule has 1 aliphatic heterocycles. The molecule has 1 aromatic rings. The van der Waals surface area contributed by atoms with Crippen LogP contribution in [0.4, 0.5) is 11.5 Å². The van der Waals surface area contributed by atoms with Gasteiger partial charge in [-0.15, -0.1) is 0 Å². The number of pyridine rings is 1. The van der Waals surface area contributed by atoms with Crippen LogP contribution in [0.25, 0.3) is 0 Å². The van der Waals surface area contributed by atoms with E-state index in [1.807, 2.05) is 11.8 Å². The normalized spacial score (nSPS) is 18.3. The Labute approximate surface area is 109 Å². The van der Waals surface area contributed by atoms with Crippen LogP contribution in [0.15, 0.2) is 12.1 Å². The van der Waals surface area contributed by atoms with Crippen LogP contribution in [0.5, 0.6) is 0 Å². The highest BCUT2D eigenvalue weighted by Gasteiger charge is 2.17. The molecule has 1 aromatic heterocycles. The smallest absolute Gasteiger partial charge is 0.305 e. The van der Waals surface area contributed by atoms with E-state index < -0.39 is 4.92 Å². The molecule has 1 fully saturated rings. The third kappa shape index (κ3) is 2.90. The zero-order valence-electron chi connectivity index (χ0n) is 9.63. The van der Waals surface area contributed by atoms with Gasteiger partial charge in [0.15, 0.2) is 0 Å². The second-order valence-corrected chi connectivity index (χ2v) is 5.19. The van der Waals surface area contributed by atoms with Crippen LogP contribution < -0.4 is 5.32 Å². The molecule has 94 valence electrons. The molecule has 1 N–H and O–H groups in total. The summed E-state index contributed by atoms with van der Waals surface area (Å²) in [6, 6.07) is 4.61. The Bertz CT molecular complexity index is 494. The number of nitriles is 1. The molecule has 2 rings (SSSR count). The van der Waals surface area contributed by atoms with E-state index in [-0.39, 0.29) is 11.4 Å². The Hall–Kier alpha value is -1.81. The highest BCUT2D eigenvalue weighted by atomic mass is 32.2. The quantitative estimate of drug-likeness (QED) is 0.660. The molecule has 1 aliphatic rings. The van der Waals surface area contributed by atoms with E-state index in [2.05, 4.69) is 10.3 Å². The topological polar surface area (TPSA) is 91.8 Å². The molecular formula is C11H12N4O2S. The largest absolute Gasteiger partial charge is 0.370 e. The zero-order chi connectivity index (χ0) is 13.0. The summed E-state index contributed by atoms with van der Waals surface area (Å²) in [5.74, 6) is 3.45. The van der Waals surface area contributed by atoms with Crippen LogP contribution in [0.3, 0.4) is 0 Å². The van der Waals surface area contributed by atoms with Crippen LogP contribution in [0.1, 0.15) is 12.1 Å². The summed E-state index contributed by atoms with van der Waals surface area (Å²) in [7, 11) is 0. The zero-order valence-corrected chi connectivity index (χ0v) is 10.4. The van der Waals surface area contributed by atoms with Gasteiger partial charge >= 0.3 is 5.69 Å². The van der Waals surface area contributed by atoms with Gasteiger partial charge in [-0.1, -0.05) is 0 Å². The molecule has 6 nitrogen and oxygen atoms in total. The van der Waals surface area contributed by atoms with E-state index in [1.165, 1.54) is 18.2 Å². The summed E-state index contributed by atoms with van der Waals surface area (Å²) in [4.78, 5) is 14.0. The third-order valence-electron chi connectivity index (χ3n) is 2.77. The van der Waals surface area contributed by atoms with Crippen molar-refractivity contribution in [2.75, 3.05) is 23.4 Å². The van der Waals surface area contributed by atoms with Crippen LogP contribution >= 0.6 is 11.8 Å². The Morgan fingerprint density at radius 1 is 1.67 bits per heavy atom. The molecule has 0 bridgehead atoms. The van der Waals surface area contributed by atoms with Gasteiger partial charge in [-0.05, 0) is 29.9 Å². The van der Waals surface area contributed by atoms with Gasteiger partial charge in [0, 0.05) is 12.6 Å². The van der Waals surface area contributed by atoms with E-state index in [4.69, 9.17) is 5.26 Å². The first-order chi connectivity index (χ1) is 8.70. The molecule has 1 saturated heterocycles. The van der Waals surface area contributed by atoms with Crippen molar-refractivity contribution < 1.29 is 4.92 Å². The second-order valence-electron chi connectivity index (χ2n) is 4.04. The molecule has 0 saturated carbocycles. The van der Waals surface area contributed by atoms with Crippen molar-refractivity contribution in [2.45, 2.75) is 6.42 Å². The fourth-order valence-electron chi connectivity index (χ4n) is 1.77. The number of thioether (sulfide) groups is 1. The summed E-state index contributed by atoms with van der Waals surface area (Å²) in [6.45, 7) is 0.794. The van der Waals surface area contributed by atoms with E-state index >= 15 is 0 Å². The highest BCUT2D eigenvalue weighted by molar-refractivity contribution is 7.99. The van der Waals surface area contributed by atoms with Gasteiger partial charge < -0.3 is 5.32 Å². The Balaban J connectivity index is 2.05. The summed E-state index contributed by atoms with van der Waals surface area (Å²) in [5.41, 5.74) is -0.398. The monoisotopic (exact) mass is 264 g/mol. The minimum Gasteiger partial charge on any atom is -0.370 e. The van der Waals surface area contributed by atoms with Gasteiger partial charge in [0.05, 0.1) is 4.92 Å². The summed E-state index contributed by atoms with van der Waals surface area (Å²) >= 11 is 1.93. The predicted molar refractivity (Wildman–Crippen MR) is 69.5 cm³/mol. The Morgan fingerprint density at radius 2 is 2.50 bits per heavy atom. The van der Waals surface area contributed by atoms with Crippen molar-refractivity contribution in [1.82, 2.24) is 4.98 Å². The van der Waals surface area contributed by atoms with Gasteiger partial charge in [-0.2, -0.15) is 17.0 Å². The van der Waals surface area contributed by atoms with E-state index in [0.29, 0.717) is 11.7 Å². The molecule has 1 atom stereocenters. The standard InChI is InChI=1S/C11H12N4O2S/c12-5-9-10(15(16)17)1-2-11(14-9)13-6-8-3-4-18-7-8/h1-2,8H,3-4,6-7H2,(H,13,14). The first-order valence-corrected chi connectivity index (χ1v) is 6.73. The van der Waals surface area contributed by atoms with E-state index in [9.17, 15) is 10.1 Å². The molecule has 1 unspecified atom stereocenters. The fourth-order valence-corrected chi connectivity index (χ4v) is 3.06. The van der Waals surface area contributed by atoms with E-state index in [1.54, 1.807) is 12.1 Å². The van der Waals surface area contributed by atoms with Gasteiger partial charge in [0.2, 0.25) is 5.69 Å². The maximum absolute atomic E-state index is 10.7. The van der Waals surface area contributed by atoms with Crippen LogP contribution in [-0.2, 0) is 0 Å². The Kier molecular flexibility index (Phi) is 3.99. The molecule has 0 spiro atoms. The molecular weight excluding hydrogens is 252 g/mol. The lowest BCUT2D eigenvalue weighted by Gasteiger charge is -2.10. The molecule has 18 heavy (non-hydrogen) atoms. The lowest BCUT2D eigenvalue weighted by atomic mass is 10.1. The number of nitrogens with zero attached hydrogens (tertiary/aromatic N) is 3. The minimum absolute atomic E-state index is 0.147. The van der Waals surface area contributed by atoms with Crippen molar-refractivity contribution in [2.24, 2.45) is 5.92 Å². The summed E-state index contributed by atoms with van der Waals surface area (Å²) < 4.78 is 0. The van der Waals surface area contributed by atoms with Crippen LogP contribution in [-0.4, -0.2) is 28.0 Å². The number of hydrogen-bond donors (Lipinski definition) is 1. The summed E-state index contributed by atoms with van der Waals surface area (Å²) in [5, 5.41) is 22.6. The van der Waals surface area contributed by atoms with Crippen molar-refractivity contribution >= 4 is 23.3 Å². The minimum atomic E-state index is -0.594. The molecule has 2 heterocycles. The third-order valence-corrected chi connectivity index (χ3v) is 4.00. The first kappa shape index (κ1) is 12.6. The van der Waals surface area contributed by atoms with Crippen LogP contribution in [0.2, 0.25) is 0 Å². The van der Waals surface area contributed by atoms with Gasteiger partial charge in [0.25, 0.3) is 0 Å². The number of aromatic nitrogens is 1. The van der Waals surface area contributed by atoms with Crippen molar-refractivity contribution in [3.8, 4) is 6.07 Å². The number of rotatable bonds is 4. The number of hydrogen-bond acceptors (Lipinski definition) is 6. The van der Waals surface area contributed by atoms with Crippen LogP contribution in [0, 0.1) is 27.4 Å². The maximum atomic E-state index is 10.7. The SMILES string of the molecule is N#Cc1nc(NCC2CCSC2)ccc1[N+](=O)[O-]. The molecule has 0 amide bonds. The number of anilines is 1.